The van der Waals surface area contributed by atoms with E-state index in [1.807, 2.05) is 6.92 Å². The second-order valence-corrected chi connectivity index (χ2v) is 4.55. The lowest BCUT2D eigenvalue weighted by atomic mass is 10.1. The number of fused-ring (bicyclic) bond motifs is 1. The first-order valence-corrected chi connectivity index (χ1v) is 6.15. The van der Waals surface area contributed by atoms with Crippen molar-refractivity contribution in [3.63, 3.8) is 0 Å². The van der Waals surface area contributed by atoms with Crippen LogP contribution in [0.4, 0.5) is 5.82 Å². The van der Waals surface area contributed by atoms with E-state index in [2.05, 4.69) is 14.9 Å². The molecule has 1 fully saturated rings. The Labute approximate surface area is 105 Å². The third-order valence-electron chi connectivity index (χ3n) is 3.08. The van der Waals surface area contributed by atoms with Crippen LogP contribution in [0.15, 0.2) is 0 Å². The molecule has 0 atom stereocenters. The first-order chi connectivity index (χ1) is 8.28. The fourth-order valence-electron chi connectivity index (χ4n) is 2.22. The summed E-state index contributed by atoms with van der Waals surface area (Å²) in [7, 11) is 0. The molecule has 5 nitrogen and oxygen atoms in total. The summed E-state index contributed by atoms with van der Waals surface area (Å²) in [5.74, 6) is 0.911. The third-order valence-corrected chi connectivity index (χ3v) is 3.25. The van der Waals surface area contributed by atoms with Gasteiger partial charge in [0.05, 0.1) is 25.0 Å². The molecule has 17 heavy (non-hydrogen) atoms. The normalized spacial score (nSPS) is 19.3. The number of rotatable bonds is 3. The van der Waals surface area contributed by atoms with Gasteiger partial charge in [-0.1, -0.05) is 0 Å². The van der Waals surface area contributed by atoms with E-state index in [1.54, 1.807) is 0 Å². The first-order valence-electron chi connectivity index (χ1n) is 5.77. The predicted octanol–water partition coefficient (Wildman–Crippen LogP) is 1.39. The topological polar surface area (TPSA) is 47.5 Å². The maximum absolute atomic E-state index is 5.92. The minimum absolute atomic E-state index is 0.295. The lowest BCUT2D eigenvalue weighted by molar-refractivity contribution is 0.0425. The highest BCUT2D eigenvalue weighted by molar-refractivity contribution is 6.28. The molecule has 1 aromatic heterocycles. The van der Waals surface area contributed by atoms with Gasteiger partial charge >= 0.3 is 0 Å². The van der Waals surface area contributed by atoms with E-state index in [1.165, 1.54) is 0 Å². The largest absolute Gasteiger partial charge is 0.375 e. The Bertz CT molecular complexity index is 435. The average Bonchev–Trinajstić information content (AvgIpc) is 2.69. The highest BCUT2D eigenvalue weighted by Gasteiger charge is 2.32. The van der Waals surface area contributed by atoms with Gasteiger partial charge in [0.25, 0.3) is 0 Å². The van der Waals surface area contributed by atoms with Crippen LogP contribution in [0.3, 0.4) is 0 Å². The van der Waals surface area contributed by atoms with Gasteiger partial charge in [-0.2, -0.15) is 0 Å². The van der Waals surface area contributed by atoms with Gasteiger partial charge in [-0.05, 0) is 18.5 Å². The molecule has 0 radical (unpaired) electrons. The molecule has 1 aromatic rings. The van der Waals surface area contributed by atoms with Crippen molar-refractivity contribution >= 4 is 17.4 Å². The molecule has 0 spiro atoms. The second-order valence-electron chi connectivity index (χ2n) is 4.22. The van der Waals surface area contributed by atoms with Crippen LogP contribution >= 0.6 is 11.6 Å². The van der Waals surface area contributed by atoms with E-state index in [0.717, 1.165) is 36.8 Å². The number of hydrogen-bond donors (Lipinski definition) is 0. The van der Waals surface area contributed by atoms with E-state index < -0.39 is 0 Å². The van der Waals surface area contributed by atoms with Crippen molar-refractivity contribution in [2.45, 2.75) is 26.2 Å². The van der Waals surface area contributed by atoms with Crippen LogP contribution < -0.4 is 4.90 Å². The quantitative estimate of drug-likeness (QED) is 0.764. The lowest BCUT2D eigenvalue weighted by Crippen LogP contribution is -2.53. The third kappa shape index (κ3) is 1.99. The van der Waals surface area contributed by atoms with Crippen LogP contribution in [-0.2, 0) is 22.7 Å². The maximum atomic E-state index is 5.92. The molecule has 0 saturated carbocycles. The highest BCUT2D eigenvalue weighted by Crippen LogP contribution is 2.31. The number of hydrogen-bond acceptors (Lipinski definition) is 5. The summed E-state index contributed by atoms with van der Waals surface area (Å²) in [6.07, 6.45) is 0.312. The zero-order chi connectivity index (χ0) is 11.8. The van der Waals surface area contributed by atoms with Crippen LogP contribution in [0.5, 0.6) is 0 Å². The van der Waals surface area contributed by atoms with Crippen molar-refractivity contribution in [2.24, 2.45) is 0 Å². The minimum atomic E-state index is 0.295. The Hall–Kier alpha value is -0.910. The fraction of sp³-hybridized carbons (Fsp3) is 0.636. The van der Waals surface area contributed by atoms with Crippen LogP contribution in [0, 0.1) is 0 Å². The molecule has 3 rings (SSSR count). The van der Waals surface area contributed by atoms with E-state index in [4.69, 9.17) is 21.1 Å². The number of anilines is 1. The summed E-state index contributed by atoms with van der Waals surface area (Å²) in [4.78, 5) is 10.7. The summed E-state index contributed by atoms with van der Waals surface area (Å²) in [5.41, 5.74) is 1.99. The van der Waals surface area contributed by atoms with E-state index in [9.17, 15) is 0 Å². The van der Waals surface area contributed by atoms with Gasteiger partial charge in [-0.3, -0.25) is 0 Å². The van der Waals surface area contributed by atoms with E-state index in [0.29, 0.717) is 24.6 Å². The van der Waals surface area contributed by atoms with Gasteiger partial charge in [-0.15, -0.1) is 0 Å². The zero-order valence-electron chi connectivity index (χ0n) is 9.65. The van der Waals surface area contributed by atoms with Crippen molar-refractivity contribution < 1.29 is 9.47 Å². The molecule has 6 heteroatoms. The predicted molar refractivity (Wildman–Crippen MR) is 63.2 cm³/mol. The lowest BCUT2D eigenvalue weighted by Gasteiger charge is -2.40. The molecule has 3 heterocycles. The summed E-state index contributed by atoms with van der Waals surface area (Å²) in [6.45, 7) is 5.62. The van der Waals surface area contributed by atoms with Gasteiger partial charge in [0.1, 0.15) is 5.82 Å². The van der Waals surface area contributed by atoms with Crippen molar-refractivity contribution in [3.05, 3.63) is 16.5 Å². The molecule has 0 N–H and O–H groups in total. The maximum Gasteiger partial charge on any atom is 0.224 e. The van der Waals surface area contributed by atoms with Crippen LogP contribution in [0.1, 0.15) is 18.2 Å². The molecule has 0 unspecified atom stereocenters. The summed E-state index contributed by atoms with van der Waals surface area (Å²) in [6, 6.07) is 0. The monoisotopic (exact) mass is 255 g/mol. The second kappa shape index (κ2) is 4.40. The smallest absolute Gasteiger partial charge is 0.224 e. The van der Waals surface area contributed by atoms with Gasteiger partial charge in [-0.25, -0.2) is 9.97 Å². The molecule has 92 valence electrons. The van der Waals surface area contributed by atoms with Crippen LogP contribution in [0.2, 0.25) is 5.28 Å². The number of nitrogens with zero attached hydrogens (tertiary/aromatic N) is 3. The molecule has 0 aromatic carbocycles. The van der Waals surface area contributed by atoms with Crippen molar-refractivity contribution in [3.8, 4) is 0 Å². The van der Waals surface area contributed by atoms with Crippen molar-refractivity contribution in [1.29, 1.82) is 0 Å². The van der Waals surface area contributed by atoms with Crippen molar-refractivity contribution in [1.82, 2.24) is 9.97 Å². The highest BCUT2D eigenvalue weighted by atomic mass is 35.5. The Kier molecular flexibility index (Phi) is 2.90. The van der Waals surface area contributed by atoms with Gasteiger partial charge in [0, 0.05) is 25.3 Å². The Morgan fingerprint density at radius 3 is 3.00 bits per heavy atom. The van der Waals surface area contributed by atoms with E-state index >= 15 is 0 Å². The molecular weight excluding hydrogens is 242 g/mol. The SMILES string of the molecule is CCOC1CN(c2nc(Cl)nc3c2COC3)C1. The summed E-state index contributed by atoms with van der Waals surface area (Å²) >= 11 is 5.92. The van der Waals surface area contributed by atoms with Gasteiger partial charge in [0.15, 0.2) is 0 Å². The molecule has 2 aliphatic heterocycles. The fourth-order valence-corrected chi connectivity index (χ4v) is 2.40. The number of ether oxygens (including phenoxy) is 2. The summed E-state index contributed by atoms with van der Waals surface area (Å²) in [5, 5.41) is 0.295. The van der Waals surface area contributed by atoms with Gasteiger partial charge < -0.3 is 14.4 Å². The molecule has 0 bridgehead atoms. The first kappa shape index (κ1) is 11.2. The number of aromatic nitrogens is 2. The average molecular weight is 256 g/mol. The standard InChI is InChI=1S/C11H14ClN3O2/c1-2-17-7-3-15(4-7)10-8-5-16-6-9(8)13-11(12)14-10/h7H,2-6H2,1H3. The Morgan fingerprint density at radius 1 is 1.41 bits per heavy atom. The number of halogens is 1. The van der Waals surface area contributed by atoms with E-state index in [-0.39, 0.29) is 0 Å². The zero-order valence-corrected chi connectivity index (χ0v) is 10.4. The molecule has 0 aliphatic carbocycles. The molecule has 0 amide bonds. The minimum Gasteiger partial charge on any atom is -0.375 e. The molecule has 1 saturated heterocycles. The molecular formula is C11H14ClN3O2. The van der Waals surface area contributed by atoms with Crippen LogP contribution in [-0.4, -0.2) is 35.8 Å². The van der Waals surface area contributed by atoms with Gasteiger partial charge in [0.2, 0.25) is 5.28 Å². The Balaban J connectivity index is 1.80. The summed E-state index contributed by atoms with van der Waals surface area (Å²) < 4.78 is 10.9. The van der Waals surface area contributed by atoms with Crippen LogP contribution in [0.25, 0.3) is 0 Å². The Morgan fingerprint density at radius 2 is 2.24 bits per heavy atom. The van der Waals surface area contributed by atoms with Crippen molar-refractivity contribution in [2.75, 3.05) is 24.6 Å². The molecule has 2 aliphatic rings.